The number of rotatable bonds is 6. The van der Waals surface area contributed by atoms with Crippen LogP contribution >= 0.6 is 0 Å². The fourth-order valence-corrected chi connectivity index (χ4v) is 2.66. The Bertz CT molecular complexity index is 619. The highest BCUT2D eigenvalue weighted by Crippen LogP contribution is 2.34. The van der Waals surface area contributed by atoms with Gasteiger partial charge >= 0.3 is 12.0 Å². The molecule has 2 rings (SSSR count). The van der Waals surface area contributed by atoms with Crippen LogP contribution in [0.5, 0.6) is 17.2 Å². The number of carbonyl (C=O) groups is 2. The van der Waals surface area contributed by atoms with Gasteiger partial charge in [0, 0.05) is 31.3 Å². The van der Waals surface area contributed by atoms with Crippen LogP contribution in [0.3, 0.4) is 0 Å². The Balaban J connectivity index is 2.03. The number of nitrogens with one attached hydrogen (secondary N) is 1. The first-order chi connectivity index (χ1) is 11.5. The van der Waals surface area contributed by atoms with E-state index < -0.39 is 11.9 Å². The molecule has 1 unspecified atom stereocenters. The van der Waals surface area contributed by atoms with E-state index in [-0.39, 0.29) is 19.1 Å². The molecule has 1 heterocycles. The monoisotopic (exact) mass is 338 g/mol. The molecule has 132 valence electrons. The first kappa shape index (κ1) is 17.7. The van der Waals surface area contributed by atoms with Crippen LogP contribution < -0.4 is 19.5 Å². The molecular weight excluding hydrogens is 316 g/mol. The number of benzene rings is 1. The van der Waals surface area contributed by atoms with Crippen molar-refractivity contribution >= 4 is 12.0 Å². The number of urea groups is 1. The number of ether oxygens (including phenoxy) is 3. The van der Waals surface area contributed by atoms with Crippen molar-refractivity contribution in [2.45, 2.75) is 13.0 Å². The van der Waals surface area contributed by atoms with Crippen molar-refractivity contribution in [3.05, 3.63) is 17.7 Å². The summed E-state index contributed by atoms with van der Waals surface area (Å²) in [5.41, 5.74) is 0.734. The topological polar surface area (TPSA) is 97.3 Å². The summed E-state index contributed by atoms with van der Waals surface area (Å²) < 4.78 is 15.8. The molecule has 8 heteroatoms. The van der Waals surface area contributed by atoms with Gasteiger partial charge in [-0.05, 0) is 12.5 Å². The lowest BCUT2D eigenvalue weighted by Gasteiger charge is -2.18. The van der Waals surface area contributed by atoms with Gasteiger partial charge in [-0.2, -0.15) is 0 Å². The molecule has 0 aliphatic carbocycles. The van der Waals surface area contributed by atoms with Crippen LogP contribution in [0.4, 0.5) is 4.79 Å². The van der Waals surface area contributed by atoms with Crippen molar-refractivity contribution in [3.63, 3.8) is 0 Å². The summed E-state index contributed by atoms with van der Waals surface area (Å²) in [6.07, 6.45) is 0.475. The van der Waals surface area contributed by atoms with E-state index in [0.29, 0.717) is 30.2 Å². The Labute approximate surface area is 140 Å². The van der Waals surface area contributed by atoms with E-state index in [0.717, 1.165) is 5.56 Å². The Morgan fingerprint density at radius 3 is 2.33 bits per heavy atom. The van der Waals surface area contributed by atoms with Crippen molar-refractivity contribution in [3.8, 4) is 17.2 Å². The summed E-state index contributed by atoms with van der Waals surface area (Å²) in [6.45, 7) is 0.896. The molecule has 1 atom stereocenters. The number of carbonyl (C=O) groups excluding carboxylic acids is 1. The van der Waals surface area contributed by atoms with Crippen LogP contribution in [0.15, 0.2) is 12.1 Å². The molecule has 0 bridgehead atoms. The lowest BCUT2D eigenvalue weighted by molar-refractivity contribution is -0.141. The lowest BCUT2D eigenvalue weighted by Crippen LogP contribution is -2.38. The van der Waals surface area contributed by atoms with E-state index in [9.17, 15) is 9.59 Å². The molecular formula is C16H22N2O6. The number of likely N-dealkylation sites (tertiary alicyclic amines) is 1. The SMILES string of the molecule is COc1cc(OC)c(OC)cc1CNC(=O)N1CCC(C(=O)O)C1. The minimum Gasteiger partial charge on any atom is -0.496 e. The van der Waals surface area contributed by atoms with Crippen molar-refractivity contribution in [1.82, 2.24) is 10.2 Å². The minimum absolute atomic E-state index is 0.226. The highest BCUT2D eigenvalue weighted by molar-refractivity contribution is 5.77. The van der Waals surface area contributed by atoms with Crippen molar-refractivity contribution in [1.29, 1.82) is 0 Å². The molecule has 0 aromatic heterocycles. The number of carboxylic acid groups (broad SMARTS) is 1. The summed E-state index contributed by atoms with van der Waals surface area (Å²) >= 11 is 0. The molecule has 0 saturated carbocycles. The molecule has 2 amide bonds. The van der Waals surface area contributed by atoms with Gasteiger partial charge in [0.2, 0.25) is 0 Å². The maximum absolute atomic E-state index is 12.2. The molecule has 1 saturated heterocycles. The quantitative estimate of drug-likeness (QED) is 0.812. The second-order valence-corrected chi connectivity index (χ2v) is 5.45. The van der Waals surface area contributed by atoms with E-state index in [2.05, 4.69) is 5.32 Å². The molecule has 1 aromatic rings. The number of aliphatic carboxylic acids is 1. The van der Waals surface area contributed by atoms with Gasteiger partial charge in [-0.1, -0.05) is 0 Å². The molecule has 2 N–H and O–H groups in total. The standard InChI is InChI=1S/C16H22N2O6/c1-22-12-7-14(24-3)13(23-2)6-11(12)8-17-16(21)18-5-4-10(9-18)15(19)20/h6-7,10H,4-5,8-9H2,1-3H3,(H,17,21)(H,19,20). The van der Waals surface area contributed by atoms with Gasteiger partial charge < -0.3 is 29.5 Å². The summed E-state index contributed by atoms with van der Waals surface area (Å²) in [5, 5.41) is 11.8. The third-order valence-electron chi connectivity index (χ3n) is 4.04. The van der Waals surface area contributed by atoms with Gasteiger partial charge in [0.1, 0.15) is 5.75 Å². The second kappa shape index (κ2) is 7.76. The average Bonchev–Trinajstić information content (AvgIpc) is 3.09. The number of amides is 2. The Morgan fingerprint density at radius 1 is 1.17 bits per heavy atom. The third kappa shape index (κ3) is 3.81. The Hall–Kier alpha value is -2.64. The number of nitrogens with zero attached hydrogens (tertiary/aromatic N) is 1. The van der Waals surface area contributed by atoms with Crippen LogP contribution in [-0.2, 0) is 11.3 Å². The van der Waals surface area contributed by atoms with Gasteiger partial charge in [0.15, 0.2) is 11.5 Å². The average molecular weight is 338 g/mol. The number of hydrogen-bond acceptors (Lipinski definition) is 5. The van der Waals surface area contributed by atoms with E-state index in [1.54, 1.807) is 12.1 Å². The zero-order valence-corrected chi connectivity index (χ0v) is 14.0. The van der Waals surface area contributed by atoms with Crippen LogP contribution in [0.2, 0.25) is 0 Å². The largest absolute Gasteiger partial charge is 0.496 e. The first-order valence-electron chi connectivity index (χ1n) is 7.54. The van der Waals surface area contributed by atoms with Gasteiger partial charge in [0.05, 0.1) is 27.2 Å². The second-order valence-electron chi connectivity index (χ2n) is 5.45. The number of methoxy groups -OCH3 is 3. The number of carboxylic acids is 1. The zero-order valence-electron chi connectivity index (χ0n) is 14.0. The predicted octanol–water partition coefficient (Wildman–Crippen LogP) is 1.33. The van der Waals surface area contributed by atoms with Gasteiger partial charge in [-0.15, -0.1) is 0 Å². The molecule has 0 spiro atoms. The summed E-state index contributed by atoms with van der Waals surface area (Å²) in [7, 11) is 4.60. The summed E-state index contributed by atoms with van der Waals surface area (Å²) in [4.78, 5) is 24.7. The minimum atomic E-state index is -0.869. The number of hydrogen-bond donors (Lipinski definition) is 2. The molecule has 8 nitrogen and oxygen atoms in total. The fourth-order valence-electron chi connectivity index (χ4n) is 2.66. The molecule has 1 fully saturated rings. The molecule has 1 aliphatic heterocycles. The third-order valence-corrected chi connectivity index (χ3v) is 4.04. The smallest absolute Gasteiger partial charge is 0.317 e. The normalized spacial score (nSPS) is 16.6. The van der Waals surface area contributed by atoms with Crippen LogP contribution in [0.25, 0.3) is 0 Å². The van der Waals surface area contributed by atoms with Crippen LogP contribution in [0.1, 0.15) is 12.0 Å². The van der Waals surface area contributed by atoms with E-state index in [1.165, 1.54) is 26.2 Å². The zero-order chi connectivity index (χ0) is 17.7. The first-order valence-corrected chi connectivity index (χ1v) is 7.54. The van der Waals surface area contributed by atoms with Crippen LogP contribution in [-0.4, -0.2) is 56.4 Å². The van der Waals surface area contributed by atoms with E-state index in [1.807, 2.05) is 0 Å². The van der Waals surface area contributed by atoms with Crippen molar-refractivity contribution in [2.75, 3.05) is 34.4 Å². The summed E-state index contributed by atoms with van der Waals surface area (Å²) in [6, 6.07) is 3.13. The Kier molecular flexibility index (Phi) is 5.73. The van der Waals surface area contributed by atoms with Gasteiger partial charge in [-0.25, -0.2) is 4.79 Å². The highest BCUT2D eigenvalue weighted by atomic mass is 16.5. The predicted molar refractivity (Wildman–Crippen MR) is 85.6 cm³/mol. The maximum atomic E-state index is 12.2. The molecule has 0 radical (unpaired) electrons. The fraction of sp³-hybridized carbons (Fsp3) is 0.500. The van der Waals surface area contributed by atoms with Crippen molar-refractivity contribution < 1.29 is 28.9 Å². The molecule has 24 heavy (non-hydrogen) atoms. The Morgan fingerprint density at radius 2 is 1.79 bits per heavy atom. The molecule has 1 aromatic carbocycles. The lowest BCUT2D eigenvalue weighted by atomic mass is 10.1. The van der Waals surface area contributed by atoms with Gasteiger partial charge in [0.25, 0.3) is 0 Å². The summed E-state index contributed by atoms with van der Waals surface area (Å²) in [5.74, 6) is 0.277. The highest BCUT2D eigenvalue weighted by Gasteiger charge is 2.30. The maximum Gasteiger partial charge on any atom is 0.317 e. The van der Waals surface area contributed by atoms with Crippen LogP contribution in [0, 0.1) is 5.92 Å². The van der Waals surface area contributed by atoms with Crippen molar-refractivity contribution in [2.24, 2.45) is 5.92 Å². The van der Waals surface area contributed by atoms with E-state index in [4.69, 9.17) is 19.3 Å². The van der Waals surface area contributed by atoms with Gasteiger partial charge in [-0.3, -0.25) is 4.79 Å². The molecule has 1 aliphatic rings. The van der Waals surface area contributed by atoms with E-state index >= 15 is 0 Å².